The summed E-state index contributed by atoms with van der Waals surface area (Å²) in [6, 6.07) is 13.9. The molecular formula is C19H18N2O5S. The third kappa shape index (κ3) is 3.31. The van der Waals surface area contributed by atoms with Crippen molar-refractivity contribution in [1.82, 2.24) is 9.62 Å². The number of carbonyl (C=O) groups excluding carboxylic acids is 2. The van der Waals surface area contributed by atoms with E-state index >= 15 is 0 Å². The van der Waals surface area contributed by atoms with Crippen LogP contribution in [0.3, 0.4) is 0 Å². The second-order valence-corrected chi connectivity index (χ2v) is 7.68. The molecule has 0 unspecified atom stereocenters. The molecule has 0 radical (unpaired) electrons. The van der Waals surface area contributed by atoms with Crippen LogP contribution >= 0.6 is 0 Å². The van der Waals surface area contributed by atoms with Crippen LogP contribution in [0.25, 0.3) is 5.76 Å². The van der Waals surface area contributed by atoms with E-state index in [1.165, 1.54) is 18.2 Å². The Balaban J connectivity index is 2.25. The lowest BCUT2D eigenvalue weighted by Crippen LogP contribution is -2.45. The Bertz CT molecular complexity index is 1030. The summed E-state index contributed by atoms with van der Waals surface area (Å²) in [5, 5.41) is 13.2. The van der Waals surface area contributed by atoms with Crippen molar-refractivity contribution in [2.75, 3.05) is 13.1 Å². The molecule has 1 heterocycles. The summed E-state index contributed by atoms with van der Waals surface area (Å²) in [7, 11) is -4.20. The first-order valence-electron chi connectivity index (χ1n) is 8.29. The van der Waals surface area contributed by atoms with Gasteiger partial charge in [0.15, 0.2) is 5.76 Å². The molecule has 1 aliphatic heterocycles. The number of rotatable bonds is 4. The second-order valence-electron chi connectivity index (χ2n) is 5.85. The van der Waals surface area contributed by atoms with Gasteiger partial charge in [-0.3, -0.25) is 9.59 Å². The van der Waals surface area contributed by atoms with E-state index in [2.05, 4.69) is 5.32 Å². The van der Waals surface area contributed by atoms with E-state index in [1.54, 1.807) is 43.3 Å². The molecule has 7 nitrogen and oxygen atoms in total. The molecular weight excluding hydrogens is 368 g/mol. The maximum absolute atomic E-state index is 13.1. The Morgan fingerprint density at radius 3 is 2.37 bits per heavy atom. The van der Waals surface area contributed by atoms with Gasteiger partial charge < -0.3 is 10.4 Å². The van der Waals surface area contributed by atoms with Crippen LogP contribution in [0.15, 0.2) is 65.2 Å². The van der Waals surface area contributed by atoms with Crippen LogP contribution in [-0.2, 0) is 14.8 Å². The smallest absolute Gasteiger partial charge is 0.265 e. The molecule has 27 heavy (non-hydrogen) atoms. The van der Waals surface area contributed by atoms with Gasteiger partial charge in [0.2, 0.25) is 11.7 Å². The molecule has 8 heteroatoms. The van der Waals surface area contributed by atoms with Gasteiger partial charge >= 0.3 is 0 Å². The number of Topliss-reactive ketones (excluding diaryl/α,β-unsaturated/α-hetero) is 1. The fourth-order valence-corrected chi connectivity index (χ4v) is 4.49. The number of nitrogens with zero attached hydrogens (tertiary/aromatic N) is 1. The lowest BCUT2D eigenvalue weighted by molar-refractivity contribution is -0.120. The molecule has 0 spiro atoms. The maximum Gasteiger partial charge on any atom is 0.265 e. The minimum atomic E-state index is -4.20. The second kappa shape index (κ2) is 7.24. The highest BCUT2D eigenvalue weighted by molar-refractivity contribution is 7.89. The lowest BCUT2D eigenvalue weighted by Gasteiger charge is -2.31. The first-order valence-corrected chi connectivity index (χ1v) is 9.73. The van der Waals surface area contributed by atoms with Crippen LogP contribution in [0, 0.1) is 0 Å². The van der Waals surface area contributed by atoms with Gasteiger partial charge in [-0.2, -0.15) is 0 Å². The molecule has 3 rings (SSSR count). The van der Waals surface area contributed by atoms with E-state index in [1.807, 2.05) is 0 Å². The van der Waals surface area contributed by atoms with Crippen molar-refractivity contribution in [2.45, 2.75) is 11.8 Å². The Morgan fingerprint density at radius 2 is 1.70 bits per heavy atom. The number of carbonyl (C=O) groups is 2. The molecule has 1 amide bonds. The van der Waals surface area contributed by atoms with E-state index in [0.717, 1.165) is 0 Å². The summed E-state index contributed by atoms with van der Waals surface area (Å²) in [6.45, 7) is 1.39. The molecule has 0 aromatic heterocycles. The van der Waals surface area contributed by atoms with Crippen molar-refractivity contribution in [3.8, 4) is 0 Å². The zero-order chi connectivity index (χ0) is 19.6. The van der Waals surface area contributed by atoms with Crippen LogP contribution in [-0.4, -0.2) is 42.6 Å². The van der Waals surface area contributed by atoms with Crippen LogP contribution in [0.5, 0.6) is 0 Å². The number of ketones is 1. The third-order valence-corrected chi connectivity index (χ3v) is 5.90. The SMILES string of the molecule is CCNC(=O)CN1/C(=C(/O)c2ccccc2)C(=O)c2ccccc2S1(=O)=O. The van der Waals surface area contributed by atoms with Crippen molar-refractivity contribution in [1.29, 1.82) is 0 Å². The zero-order valence-electron chi connectivity index (χ0n) is 14.5. The van der Waals surface area contributed by atoms with Crippen LogP contribution in [0.4, 0.5) is 0 Å². The van der Waals surface area contributed by atoms with Crippen molar-refractivity contribution in [2.24, 2.45) is 0 Å². The van der Waals surface area contributed by atoms with Gasteiger partial charge in [-0.05, 0) is 19.1 Å². The Kier molecular flexibility index (Phi) is 5.00. The highest BCUT2D eigenvalue weighted by Gasteiger charge is 2.42. The largest absolute Gasteiger partial charge is 0.505 e. The summed E-state index contributed by atoms with van der Waals surface area (Å²) in [5.41, 5.74) is -0.204. The van der Waals surface area contributed by atoms with Crippen molar-refractivity contribution in [3.63, 3.8) is 0 Å². The van der Waals surface area contributed by atoms with E-state index in [-0.39, 0.29) is 16.0 Å². The van der Waals surface area contributed by atoms with Gasteiger partial charge in [-0.15, -0.1) is 0 Å². The molecule has 0 fully saturated rings. The maximum atomic E-state index is 13.1. The van der Waals surface area contributed by atoms with E-state index in [0.29, 0.717) is 10.8 Å². The standard InChI is InChI=1S/C19H18N2O5S/c1-2-20-16(22)12-21-17(18(23)13-8-4-3-5-9-13)19(24)14-10-6-7-11-15(14)27(21,25)26/h3-11,23H,2,12H2,1H3,(H,20,22)/b18-17+. The van der Waals surface area contributed by atoms with Gasteiger partial charge in [-0.25, -0.2) is 12.7 Å². The molecule has 140 valence electrons. The number of sulfonamides is 1. The molecule has 0 bridgehead atoms. The van der Waals surface area contributed by atoms with Gasteiger partial charge in [0, 0.05) is 17.7 Å². The number of benzene rings is 2. The molecule has 0 saturated heterocycles. The van der Waals surface area contributed by atoms with Crippen molar-refractivity contribution in [3.05, 3.63) is 71.4 Å². The molecule has 0 saturated carbocycles. The number of allylic oxidation sites excluding steroid dienone is 1. The fraction of sp³-hybridized carbons (Fsp3) is 0.158. The molecule has 1 aliphatic rings. The minimum absolute atomic E-state index is 0.0397. The molecule has 2 aromatic carbocycles. The van der Waals surface area contributed by atoms with E-state index < -0.39 is 39.7 Å². The van der Waals surface area contributed by atoms with Gasteiger partial charge in [-0.1, -0.05) is 42.5 Å². The zero-order valence-corrected chi connectivity index (χ0v) is 15.4. The average molecular weight is 386 g/mol. The number of likely N-dealkylation sites (N-methyl/N-ethyl adjacent to an activating group) is 1. The van der Waals surface area contributed by atoms with E-state index in [4.69, 9.17) is 0 Å². The number of aliphatic hydroxyl groups is 1. The molecule has 2 aromatic rings. The number of amides is 1. The quantitative estimate of drug-likeness (QED) is 0.617. The van der Waals surface area contributed by atoms with Crippen molar-refractivity contribution < 1.29 is 23.1 Å². The molecule has 0 atom stereocenters. The Morgan fingerprint density at radius 1 is 1.07 bits per heavy atom. The summed E-state index contributed by atoms with van der Waals surface area (Å²) >= 11 is 0. The Hall–Kier alpha value is -3.13. The monoisotopic (exact) mass is 386 g/mol. The van der Waals surface area contributed by atoms with Crippen LogP contribution < -0.4 is 5.32 Å². The first-order chi connectivity index (χ1) is 12.9. The summed E-state index contributed by atoms with van der Waals surface area (Å²) < 4.78 is 26.8. The topological polar surface area (TPSA) is 104 Å². The number of fused-ring (bicyclic) bond motifs is 1. The predicted molar refractivity (Wildman–Crippen MR) is 99.3 cm³/mol. The third-order valence-electron chi connectivity index (χ3n) is 4.10. The Labute approximate surface area is 157 Å². The number of hydrogen-bond donors (Lipinski definition) is 2. The molecule has 2 N–H and O–H groups in total. The fourth-order valence-electron chi connectivity index (χ4n) is 2.86. The van der Waals surface area contributed by atoms with Gasteiger partial charge in [0.25, 0.3) is 10.0 Å². The van der Waals surface area contributed by atoms with Gasteiger partial charge in [0.1, 0.15) is 12.2 Å². The average Bonchev–Trinajstić information content (AvgIpc) is 2.67. The predicted octanol–water partition coefficient (Wildman–Crippen LogP) is 1.94. The number of nitrogens with one attached hydrogen (secondary N) is 1. The van der Waals surface area contributed by atoms with Crippen LogP contribution in [0.2, 0.25) is 0 Å². The van der Waals surface area contributed by atoms with Gasteiger partial charge in [0.05, 0.1) is 4.90 Å². The highest BCUT2D eigenvalue weighted by atomic mass is 32.2. The lowest BCUT2D eigenvalue weighted by atomic mass is 10.0. The summed E-state index contributed by atoms with van der Waals surface area (Å²) in [4.78, 5) is 24.9. The van der Waals surface area contributed by atoms with Crippen molar-refractivity contribution >= 4 is 27.5 Å². The van der Waals surface area contributed by atoms with Crippen LogP contribution in [0.1, 0.15) is 22.8 Å². The molecule has 0 aliphatic carbocycles. The summed E-state index contributed by atoms with van der Waals surface area (Å²) in [5.74, 6) is -1.74. The number of hydrogen-bond acceptors (Lipinski definition) is 5. The minimum Gasteiger partial charge on any atom is -0.505 e. The van der Waals surface area contributed by atoms with E-state index in [9.17, 15) is 23.1 Å². The normalized spacial score (nSPS) is 17.2. The number of aliphatic hydroxyl groups excluding tert-OH is 1. The first kappa shape index (κ1) is 18.7. The highest BCUT2D eigenvalue weighted by Crippen LogP contribution is 2.35. The summed E-state index contributed by atoms with van der Waals surface area (Å²) in [6.07, 6.45) is 0.